The summed E-state index contributed by atoms with van der Waals surface area (Å²) in [5, 5.41) is 1.68. The highest BCUT2D eigenvalue weighted by Gasteiger charge is 2.20. The number of nitrogens with zero attached hydrogens (tertiary/aromatic N) is 1. The summed E-state index contributed by atoms with van der Waals surface area (Å²) in [7, 11) is 3.53. The van der Waals surface area contributed by atoms with E-state index in [2.05, 4.69) is 0 Å². The Hall–Kier alpha value is -3.54. The average Bonchev–Trinajstić information content (AvgIpc) is 2.97. The molecule has 2 aromatic carbocycles. The number of aryl methyl sites for hydroxylation is 3. The van der Waals surface area contributed by atoms with E-state index in [0.29, 0.717) is 28.2 Å². The zero-order valence-electron chi connectivity index (χ0n) is 17.7. The van der Waals surface area contributed by atoms with Crippen LogP contribution in [-0.2, 0) is 7.05 Å². The van der Waals surface area contributed by atoms with Crippen LogP contribution in [-0.4, -0.2) is 24.1 Å². The number of hydrogen-bond acceptors (Lipinski definition) is 5. The van der Waals surface area contributed by atoms with Gasteiger partial charge >= 0.3 is 5.63 Å². The highest BCUT2D eigenvalue weighted by atomic mass is 16.5. The quantitative estimate of drug-likeness (QED) is 0.362. The Morgan fingerprint density at radius 3 is 2.57 bits per heavy atom. The number of rotatable bonds is 5. The smallest absolute Gasteiger partial charge is 0.336 e. The van der Waals surface area contributed by atoms with Gasteiger partial charge < -0.3 is 18.5 Å². The van der Waals surface area contributed by atoms with Crippen LogP contribution in [0.2, 0.25) is 0 Å². The maximum atomic E-state index is 13.1. The van der Waals surface area contributed by atoms with Crippen LogP contribution in [0.25, 0.3) is 21.9 Å². The molecule has 6 nitrogen and oxygen atoms in total. The van der Waals surface area contributed by atoms with Crippen molar-refractivity contribution >= 4 is 27.7 Å². The normalized spacial score (nSPS) is 11.2. The monoisotopic (exact) mass is 405 g/mol. The van der Waals surface area contributed by atoms with Crippen LogP contribution in [0.15, 0.2) is 45.6 Å². The van der Waals surface area contributed by atoms with Crippen molar-refractivity contribution in [3.05, 3.63) is 69.2 Å². The third-order valence-electron chi connectivity index (χ3n) is 5.65. The van der Waals surface area contributed by atoms with Gasteiger partial charge in [-0.1, -0.05) is 0 Å². The van der Waals surface area contributed by atoms with Crippen molar-refractivity contribution in [3.8, 4) is 11.5 Å². The van der Waals surface area contributed by atoms with Gasteiger partial charge in [-0.3, -0.25) is 4.79 Å². The molecule has 0 fully saturated rings. The van der Waals surface area contributed by atoms with Crippen LogP contribution >= 0.6 is 0 Å². The molecule has 0 bridgehead atoms. The molecular weight excluding hydrogens is 382 g/mol. The van der Waals surface area contributed by atoms with Gasteiger partial charge in [-0.2, -0.15) is 0 Å². The van der Waals surface area contributed by atoms with Crippen molar-refractivity contribution in [2.45, 2.75) is 20.8 Å². The summed E-state index contributed by atoms with van der Waals surface area (Å²) in [5.41, 5.74) is 4.05. The molecule has 4 rings (SSSR count). The van der Waals surface area contributed by atoms with Gasteiger partial charge in [0.25, 0.3) is 0 Å². The molecule has 4 aromatic rings. The van der Waals surface area contributed by atoms with Gasteiger partial charge in [-0.25, -0.2) is 4.79 Å². The van der Waals surface area contributed by atoms with Crippen molar-refractivity contribution in [3.63, 3.8) is 0 Å². The molecule has 0 spiro atoms. The van der Waals surface area contributed by atoms with E-state index < -0.39 is 5.63 Å². The molecule has 0 aliphatic carbocycles. The first-order valence-corrected chi connectivity index (χ1v) is 9.65. The first kappa shape index (κ1) is 19.8. The topological polar surface area (TPSA) is 70.7 Å². The number of ketones is 1. The molecule has 0 unspecified atom stereocenters. The van der Waals surface area contributed by atoms with Crippen molar-refractivity contribution in [1.82, 2.24) is 4.57 Å². The third kappa shape index (κ3) is 3.14. The molecule has 6 heteroatoms. The van der Waals surface area contributed by atoms with Gasteiger partial charge in [0.1, 0.15) is 17.1 Å². The predicted octanol–water partition coefficient (Wildman–Crippen LogP) is 4.48. The fourth-order valence-electron chi connectivity index (χ4n) is 3.90. The van der Waals surface area contributed by atoms with Crippen LogP contribution in [0.4, 0.5) is 0 Å². The Kier molecular flexibility index (Phi) is 4.86. The number of carbonyl (C=O) groups is 1. The summed E-state index contributed by atoms with van der Waals surface area (Å²) in [6.45, 7) is 5.47. The molecule has 0 atom stereocenters. The first-order chi connectivity index (χ1) is 14.3. The minimum absolute atomic E-state index is 0.125. The zero-order chi connectivity index (χ0) is 21.6. The number of ether oxygens (including phenoxy) is 2. The summed E-state index contributed by atoms with van der Waals surface area (Å²) in [5.74, 6) is 1.08. The Labute approximate surface area is 173 Å². The largest absolute Gasteiger partial charge is 0.497 e. The summed E-state index contributed by atoms with van der Waals surface area (Å²) >= 11 is 0. The van der Waals surface area contributed by atoms with Crippen LogP contribution in [0, 0.1) is 20.8 Å². The number of benzene rings is 2. The summed E-state index contributed by atoms with van der Waals surface area (Å²) in [6, 6.07) is 10.8. The van der Waals surface area contributed by atoms with Crippen molar-refractivity contribution in [2.24, 2.45) is 7.05 Å². The summed E-state index contributed by atoms with van der Waals surface area (Å²) in [6.07, 6.45) is 0. The van der Waals surface area contributed by atoms with Gasteiger partial charge in [0.05, 0.1) is 7.11 Å². The molecule has 0 amide bonds. The SMILES string of the molecule is COc1ccc2c(c1)c(C(=O)COc1ccc3c(C)cc(=O)oc3c1C)c(C)n2C. The predicted molar refractivity (Wildman–Crippen MR) is 116 cm³/mol. The Bertz CT molecular complexity index is 1360. The van der Waals surface area contributed by atoms with Crippen molar-refractivity contribution < 1.29 is 18.7 Å². The fraction of sp³-hybridized carbons (Fsp3) is 0.250. The molecule has 0 N–H and O–H groups in total. The molecule has 0 saturated carbocycles. The van der Waals surface area contributed by atoms with Crippen molar-refractivity contribution in [1.29, 1.82) is 0 Å². The summed E-state index contributed by atoms with van der Waals surface area (Å²) in [4.78, 5) is 24.9. The van der Waals surface area contributed by atoms with E-state index in [-0.39, 0.29) is 12.4 Å². The van der Waals surface area contributed by atoms with E-state index in [9.17, 15) is 9.59 Å². The molecule has 2 heterocycles. The Balaban J connectivity index is 1.68. The van der Waals surface area contributed by atoms with Gasteiger partial charge in [0, 0.05) is 46.2 Å². The molecule has 154 valence electrons. The van der Waals surface area contributed by atoms with Gasteiger partial charge in [0.2, 0.25) is 5.78 Å². The van der Waals surface area contributed by atoms with Crippen LogP contribution in [0.3, 0.4) is 0 Å². The summed E-state index contributed by atoms with van der Waals surface area (Å²) < 4.78 is 18.5. The average molecular weight is 405 g/mol. The maximum absolute atomic E-state index is 13.1. The second-order valence-corrected chi connectivity index (χ2v) is 7.43. The minimum Gasteiger partial charge on any atom is -0.497 e. The van der Waals surface area contributed by atoms with E-state index in [4.69, 9.17) is 13.9 Å². The Morgan fingerprint density at radius 2 is 1.83 bits per heavy atom. The van der Waals surface area contributed by atoms with E-state index in [1.165, 1.54) is 6.07 Å². The van der Waals surface area contributed by atoms with Crippen LogP contribution < -0.4 is 15.1 Å². The number of fused-ring (bicyclic) bond motifs is 2. The molecule has 0 radical (unpaired) electrons. The molecule has 0 aliphatic rings. The van der Waals surface area contributed by atoms with E-state index >= 15 is 0 Å². The fourth-order valence-corrected chi connectivity index (χ4v) is 3.90. The molecular formula is C24H23NO5. The lowest BCUT2D eigenvalue weighted by molar-refractivity contribution is 0.0922. The van der Waals surface area contributed by atoms with Crippen molar-refractivity contribution in [2.75, 3.05) is 13.7 Å². The number of Topliss-reactive ketones (excluding diaryl/α,β-unsaturated/α-hetero) is 1. The van der Waals surface area contributed by atoms with E-state index in [0.717, 1.165) is 27.5 Å². The number of hydrogen-bond donors (Lipinski definition) is 0. The number of aromatic nitrogens is 1. The van der Waals surface area contributed by atoms with Crippen LogP contribution in [0.1, 0.15) is 27.2 Å². The second kappa shape index (κ2) is 7.37. The lowest BCUT2D eigenvalue weighted by atomic mass is 10.1. The lowest BCUT2D eigenvalue weighted by Crippen LogP contribution is -2.13. The zero-order valence-corrected chi connectivity index (χ0v) is 17.7. The minimum atomic E-state index is -0.406. The molecule has 30 heavy (non-hydrogen) atoms. The third-order valence-corrected chi connectivity index (χ3v) is 5.65. The lowest BCUT2D eigenvalue weighted by Gasteiger charge is -2.11. The number of carbonyl (C=O) groups excluding carboxylic acids is 1. The number of methoxy groups -OCH3 is 1. The molecule has 2 aromatic heterocycles. The van der Waals surface area contributed by atoms with E-state index in [1.807, 2.05) is 56.7 Å². The van der Waals surface area contributed by atoms with Gasteiger partial charge in [-0.15, -0.1) is 0 Å². The van der Waals surface area contributed by atoms with Gasteiger partial charge in [-0.05, 0) is 56.7 Å². The van der Waals surface area contributed by atoms with E-state index in [1.54, 1.807) is 13.2 Å². The molecule has 0 saturated heterocycles. The first-order valence-electron chi connectivity index (χ1n) is 9.65. The highest BCUT2D eigenvalue weighted by molar-refractivity contribution is 6.10. The van der Waals surface area contributed by atoms with Gasteiger partial charge in [0.15, 0.2) is 6.61 Å². The van der Waals surface area contributed by atoms with Crippen LogP contribution in [0.5, 0.6) is 11.5 Å². The Morgan fingerprint density at radius 1 is 1.07 bits per heavy atom. The molecule has 0 aliphatic heterocycles. The highest BCUT2D eigenvalue weighted by Crippen LogP contribution is 2.31. The second-order valence-electron chi connectivity index (χ2n) is 7.43. The maximum Gasteiger partial charge on any atom is 0.336 e. The standard InChI is InChI=1S/C24H23NO5/c1-13-10-22(27)30-24-14(2)21(9-7-17(13)24)29-12-20(26)23-15(3)25(4)19-8-6-16(28-5)11-18(19)23/h6-11H,12H2,1-5H3.